The Bertz CT molecular complexity index is 1400. The number of rotatable bonds is 9. The van der Waals surface area contributed by atoms with Crippen molar-refractivity contribution in [3.8, 4) is 11.8 Å². The molecule has 1 aromatic heterocycles. The Labute approximate surface area is 241 Å². The van der Waals surface area contributed by atoms with Gasteiger partial charge in [0.25, 0.3) is 5.91 Å². The summed E-state index contributed by atoms with van der Waals surface area (Å²) in [6.07, 6.45) is 2.88. The van der Waals surface area contributed by atoms with E-state index in [1.165, 1.54) is 0 Å². The van der Waals surface area contributed by atoms with E-state index in [1.54, 1.807) is 65.1 Å². The number of nitrogens with zero attached hydrogens (tertiary/aromatic N) is 1. The van der Waals surface area contributed by atoms with Crippen LogP contribution in [0.5, 0.6) is 0 Å². The first-order chi connectivity index (χ1) is 19.3. The third kappa shape index (κ3) is 10.1. The molecule has 2 aromatic carbocycles. The maximum Gasteiger partial charge on any atom is 0.408 e. The number of carbonyl (C=O) groups is 3. The molecule has 5 N–H and O–H groups in total. The average molecular weight is 556 g/mol. The Morgan fingerprint density at radius 2 is 1.46 bits per heavy atom. The molecule has 0 saturated carbocycles. The molecule has 214 valence electrons. The van der Waals surface area contributed by atoms with Gasteiger partial charge in [0.05, 0.1) is 5.54 Å². The lowest BCUT2D eigenvalue weighted by atomic mass is 9.93. The number of benzene rings is 2. The van der Waals surface area contributed by atoms with Crippen molar-refractivity contribution in [3.63, 3.8) is 0 Å². The van der Waals surface area contributed by atoms with Gasteiger partial charge in [-0.25, -0.2) is 4.79 Å². The van der Waals surface area contributed by atoms with Crippen molar-refractivity contribution in [1.29, 1.82) is 0 Å². The van der Waals surface area contributed by atoms with Crippen LogP contribution in [0.3, 0.4) is 0 Å². The van der Waals surface area contributed by atoms with Crippen LogP contribution in [0.15, 0.2) is 73.1 Å². The molecule has 3 aromatic rings. The summed E-state index contributed by atoms with van der Waals surface area (Å²) < 4.78 is 5.27. The normalized spacial score (nSPS) is 11.9. The Morgan fingerprint density at radius 3 is 2.00 bits per heavy atom. The van der Waals surface area contributed by atoms with Gasteiger partial charge in [-0.2, -0.15) is 0 Å². The molecule has 1 atom stereocenters. The summed E-state index contributed by atoms with van der Waals surface area (Å²) in [5.74, 6) is 4.91. The Balaban J connectivity index is 1.57. The third-order valence-electron chi connectivity index (χ3n) is 5.94. The number of alkyl carbamates (subject to hydrolysis) is 1. The molecule has 0 saturated heterocycles. The highest BCUT2D eigenvalue weighted by molar-refractivity contribution is 5.98. The molecule has 0 fully saturated rings. The van der Waals surface area contributed by atoms with Crippen LogP contribution in [0.4, 0.5) is 4.79 Å². The van der Waals surface area contributed by atoms with E-state index in [-0.39, 0.29) is 0 Å². The van der Waals surface area contributed by atoms with E-state index in [9.17, 15) is 14.4 Å². The second kappa shape index (κ2) is 13.6. The van der Waals surface area contributed by atoms with Gasteiger partial charge in [-0.05, 0) is 88.2 Å². The first-order valence-electron chi connectivity index (χ1n) is 13.2. The molecule has 1 unspecified atom stereocenters. The molecule has 3 rings (SSSR count). The zero-order valence-electron chi connectivity index (χ0n) is 24.1. The number of pyridine rings is 1. The van der Waals surface area contributed by atoms with E-state index < -0.39 is 35.1 Å². The number of nitrogens with two attached hydrogens (primary N) is 1. The van der Waals surface area contributed by atoms with Gasteiger partial charge in [-0.15, -0.1) is 0 Å². The zero-order valence-corrected chi connectivity index (χ0v) is 24.1. The summed E-state index contributed by atoms with van der Waals surface area (Å²) in [6, 6.07) is 17.4. The van der Waals surface area contributed by atoms with E-state index in [0.717, 1.165) is 35.3 Å². The summed E-state index contributed by atoms with van der Waals surface area (Å²) in [4.78, 5) is 41.4. The number of hydrogen-bond acceptors (Lipinski definition) is 6. The summed E-state index contributed by atoms with van der Waals surface area (Å²) in [6.45, 7) is 9.81. The minimum Gasteiger partial charge on any atom is -0.444 e. The van der Waals surface area contributed by atoms with E-state index in [2.05, 4.69) is 32.8 Å². The van der Waals surface area contributed by atoms with Crippen molar-refractivity contribution >= 4 is 17.9 Å². The maximum absolute atomic E-state index is 12.9. The smallest absolute Gasteiger partial charge is 0.408 e. The van der Waals surface area contributed by atoms with Crippen molar-refractivity contribution in [2.75, 3.05) is 0 Å². The maximum atomic E-state index is 12.9. The molecule has 0 radical (unpaired) electrons. The van der Waals surface area contributed by atoms with Crippen LogP contribution in [0.25, 0.3) is 0 Å². The SMILES string of the molecule is CC(C)(C)OC(=O)NC(C)(C)C(NC(=O)c1ccc(C#Cc2ccc(CNCc3cccnc3)cc2)cc1)C(N)=O. The van der Waals surface area contributed by atoms with Crippen molar-refractivity contribution in [1.82, 2.24) is 20.9 Å². The second-order valence-corrected chi connectivity index (χ2v) is 11.1. The molecule has 0 aliphatic heterocycles. The van der Waals surface area contributed by atoms with Gasteiger partial charge >= 0.3 is 6.09 Å². The summed E-state index contributed by atoms with van der Waals surface area (Å²) in [7, 11) is 0. The third-order valence-corrected chi connectivity index (χ3v) is 5.94. The molecule has 9 nitrogen and oxygen atoms in total. The van der Waals surface area contributed by atoms with Crippen LogP contribution >= 0.6 is 0 Å². The van der Waals surface area contributed by atoms with Crippen LogP contribution in [0, 0.1) is 11.8 Å². The zero-order chi connectivity index (χ0) is 30.0. The van der Waals surface area contributed by atoms with E-state index in [0.29, 0.717) is 5.56 Å². The van der Waals surface area contributed by atoms with E-state index >= 15 is 0 Å². The van der Waals surface area contributed by atoms with Gasteiger partial charge in [-0.1, -0.05) is 30.0 Å². The monoisotopic (exact) mass is 555 g/mol. The van der Waals surface area contributed by atoms with Crippen LogP contribution < -0.4 is 21.7 Å². The number of nitrogens with one attached hydrogen (secondary N) is 3. The Kier molecular flexibility index (Phi) is 10.2. The highest BCUT2D eigenvalue weighted by atomic mass is 16.6. The molecule has 0 aliphatic carbocycles. The van der Waals surface area contributed by atoms with Gasteiger partial charge < -0.3 is 26.4 Å². The van der Waals surface area contributed by atoms with Gasteiger partial charge in [0.15, 0.2) is 0 Å². The first kappa shape index (κ1) is 30.9. The highest BCUT2D eigenvalue weighted by Crippen LogP contribution is 2.14. The average Bonchev–Trinajstić information content (AvgIpc) is 2.90. The van der Waals surface area contributed by atoms with Crippen LogP contribution in [0.1, 0.15) is 67.2 Å². The van der Waals surface area contributed by atoms with Crippen LogP contribution in [0.2, 0.25) is 0 Å². The first-order valence-corrected chi connectivity index (χ1v) is 13.2. The molecule has 1 heterocycles. The molecule has 41 heavy (non-hydrogen) atoms. The van der Waals surface area contributed by atoms with Gasteiger partial charge in [0.2, 0.25) is 5.91 Å². The summed E-state index contributed by atoms with van der Waals surface area (Å²) in [5.41, 5.74) is 7.81. The second-order valence-electron chi connectivity index (χ2n) is 11.1. The van der Waals surface area contributed by atoms with Crippen LogP contribution in [-0.2, 0) is 22.6 Å². The molecule has 0 bridgehead atoms. The van der Waals surface area contributed by atoms with Crippen molar-refractivity contribution in [2.24, 2.45) is 5.73 Å². The number of ether oxygens (including phenoxy) is 1. The van der Waals surface area contributed by atoms with Gasteiger partial charge in [0.1, 0.15) is 11.6 Å². The summed E-state index contributed by atoms with van der Waals surface area (Å²) in [5, 5.41) is 8.62. The fourth-order valence-electron chi connectivity index (χ4n) is 3.87. The fourth-order valence-corrected chi connectivity index (χ4v) is 3.87. The fraction of sp³-hybridized carbons (Fsp3) is 0.312. The lowest BCUT2D eigenvalue weighted by molar-refractivity contribution is -0.121. The van der Waals surface area contributed by atoms with E-state index in [4.69, 9.17) is 10.5 Å². The molecule has 0 spiro atoms. The number of amides is 3. The lowest BCUT2D eigenvalue weighted by Crippen LogP contribution is -2.64. The summed E-state index contributed by atoms with van der Waals surface area (Å²) >= 11 is 0. The quantitative estimate of drug-likeness (QED) is 0.298. The molecular weight excluding hydrogens is 518 g/mol. The predicted octanol–water partition coefficient (Wildman–Crippen LogP) is 3.66. The minimum atomic E-state index is -1.21. The predicted molar refractivity (Wildman–Crippen MR) is 158 cm³/mol. The number of carbonyl (C=O) groups excluding carboxylic acids is 3. The van der Waals surface area contributed by atoms with Gasteiger partial charge in [0, 0.05) is 42.2 Å². The van der Waals surface area contributed by atoms with Crippen molar-refractivity contribution in [2.45, 2.75) is 64.9 Å². The van der Waals surface area contributed by atoms with Crippen molar-refractivity contribution < 1.29 is 19.1 Å². The molecule has 9 heteroatoms. The molecular formula is C32H37N5O4. The molecule has 3 amide bonds. The largest absolute Gasteiger partial charge is 0.444 e. The topological polar surface area (TPSA) is 135 Å². The Hall–Kier alpha value is -4.68. The van der Waals surface area contributed by atoms with E-state index in [1.807, 2.05) is 42.6 Å². The number of hydrogen-bond donors (Lipinski definition) is 4. The minimum absolute atomic E-state index is 0.318. The van der Waals surface area contributed by atoms with Crippen LogP contribution in [-0.4, -0.2) is 40.1 Å². The Morgan fingerprint density at radius 1 is 0.878 bits per heavy atom. The highest BCUT2D eigenvalue weighted by Gasteiger charge is 2.38. The lowest BCUT2D eigenvalue weighted by Gasteiger charge is -2.34. The number of primary amides is 1. The molecule has 0 aliphatic rings. The number of aromatic nitrogens is 1. The van der Waals surface area contributed by atoms with Gasteiger partial charge in [-0.3, -0.25) is 14.6 Å². The standard InChI is InChI=1S/C32H37N5O4/c1-31(2,3)41-30(40)37-32(4,5)27(28(33)38)36-29(39)26-16-14-23(15-17-26)9-8-22-10-12-24(13-11-22)19-35-21-25-7-6-18-34-20-25/h6-7,10-18,20,27,35H,19,21H2,1-5H3,(H2,33,38)(H,36,39)(H,37,40). The van der Waals surface area contributed by atoms with Crippen molar-refractivity contribution in [3.05, 3.63) is 101 Å².